The van der Waals surface area contributed by atoms with Gasteiger partial charge in [-0.15, -0.1) is 11.3 Å². The van der Waals surface area contributed by atoms with Crippen LogP contribution in [0.15, 0.2) is 54.6 Å². The predicted molar refractivity (Wildman–Crippen MR) is 75.8 cm³/mol. The van der Waals surface area contributed by atoms with E-state index in [0.717, 1.165) is 6.42 Å². The molecule has 0 spiro atoms. The fourth-order valence-corrected chi connectivity index (χ4v) is 3.13. The summed E-state index contributed by atoms with van der Waals surface area (Å²) in [7, 11) is 0. The summed E-state index contributed by atoms with van der Waals surface area (Å²) in [6, 6.07) is 19.6. The summed E-state index contributed by atoms with van der Waals surface area (Å²) in [5, 5.41) is 2.71. The molecule has 0 aliphatic heterocycles. The van der Waals surface area contributed by atoms with Crippen LogP contribution in [-0.4, -0.2) is 0 Å². The van der Waals surface area contributed by atoms with Crippen molar-refractivity contribution in [3.05, 3.63) is 69.9 Å². The third-order valence-electron chi connectivity index (χ3n) is 3.04. The van der Waals surface area contributed by atoms with E-state index in [9.17, 15) is 0 Å². The Kier molecular flexibility index (Phi) is 2.69. The summed E-state index contributed by atoms with van der Waals surface area (Å²) >= 11 is 1.89. The third kappa shape index (κ3) is 2.11. The van der Waals surface area contributed by atoms with Crippen LogP contribution in [0.2, 0.25) is 0 Å². The Labute approximate surface area is 106 Å². The van der Waals surface area contributed by atoms with Crippen LogP contribution in [0.25, 0.3) is 10.8 Å². The second kappa shape index (κ2) is 4.34. The van der Waals surface area contributed by atoms with Gasteiger partial charge in [-0.3, -0.25) is 0 Å². The van der Waals surface area contributed by atoms with E-state index in [1.807, 2.05) is 11.3 Å². The van der Waals surface area contributed by atoms with Crippen LogP contribution < -0.4 is 0 Å². The average Bonchev–Trinajstić information content (AvgIpc) is 2.75. The van der Waals surface area contributed by atoms with E-state index >= 15 is 0 Å². The highest BCUT2D eigenvalue weighted by atomic mass is 32.1. The molecule has 0 radical (unpaired) electrons. The van der Waals surface area contributed by atoms with E-state index < -0.39 is 0 Å². The minimum Gasteiger partial charge on any atom is -0.145 e. The van der Waals surface area contributed by atoms with Crippen molar-refractivity contribution >= 4 is 22.1 Å². The molecule has 1 aromatic heterocycles. The first kappa shape index (κ1) is 10.5. The van der Waals surface area contributed by atoms with Crippen molar-refractivity contribution < 1.29 is 0 Å². The lowest BCUT2D eigenvalue weighted by molar-refractivity contribution is 1.27. The normalized spacial score (nSPS) is 10.9. The van der Waals surface area contributed by atoms with Crippen LogP contribution in [0.5, 0.6) is 0 Å². The summed E-state index contributed by atoms with van der Waals surface area (Å²) in [6.07, 6.45) is 1.04. The molecule has 0 saturated heterocycles. The minimum atomic E-state index is 1.04. The van der Waals surface area contributed by atoms with Crippen LogP contribution in [0.1, 0.15) is 15.3 Å². The maximum atomic E-state index is 2.24. The van der Waals surface area contributed by atoms with Gasteiger partial charge in [0, 0.05) is 16.2 Å². The number of benzene rings is 2. The molecule has 0 amide bonds. The van der Waals surface area contributed by atoms with Crippen molar-refractivity contribution in [1.29, 1.82) is 0 Å². The van der Waals surface area contributed by atoms with Crippen molar-refractivity contribution in [3.63, 3.8) is 0 Å². The Morgan fingerprint density at radius 2 is 1.71 bits per heavy atom. The molecule has 3 rings (SSSR count). The Morgan fingerprint density at radius 1 is 0.882 bits per heavy atom. The van der Waals surface area contributed by atoms with Crippen molar-refractivity contribution in [2.24, 2.45) is 0 Å². The molecule has 0 saturated carbocycles. The van der Waals surface area contributed by atoms with Gasteiger partial charge in [0.2, 0.25) is 0 Å². The molecule has 0 aliphatic carbocycles. The molecule has 3 aromatic rings. The molecule has 17 heavy (non-hydrogen) atoms. The summed E-state index contributed by atoms with van der Waals surface area (Å²) < 4.78 is 0. The number of hydrogen-bond acceptors (Lipinski definition) is 1. The van der Waals surface area contributed by atoms with Gasteiger partial charge in [0.25, 0.3) is 0 Å². The van der Waals surface area contributed by atoms with Gasteiger partial charge in [-0.05, 0) is 35.4 Å². The quantitative estimate of drug-likeness (QED) is 0.601. The van der Waals surface area contributed by atoms with E-state index in [2.05, 4.69) is 61.5 Å². The lowest BCUT2D eigenvalue weighted by Gasteiger charge is -2.04. The molecule has 1 heteroatoms. The fraction of sp³-hybridized carbons (Fsp3) is 0.125. The lowest BCUT2D eigenvalue weighted by atomic mass is 10.0. The summed E-state index contributed by atoms with van der Waals surface area (Å²) in [5.74, 6) is 0. The zero-order chi connectivity index (χ0) is 11.7. The van der Waals surface area contributed by atoms with Crippen LogP contribution in [0, 0.1) is 6.92 Å². The molecule has 2 aromatic carbocycles. The van der Waals surface area contributed by atoms with Gasteiger partial charge < -0.3 is 0 Å². The van der Waals surface area contributed by atoms with Crippen LogP contribution in [0.3, 0.4) is 0 Å². The predicted octanol–water partition coefficient (Wildman–Crippen LogP) is 4.80. The van der Waals surface area contributed by atoms with E-state index in [4.69, 9.17) is 0 Å². The molecular formula is C16H14S. The molecule has 84 valence electrons. The van der Waals surface area contributed by atoms with E-state index in [0.29, 0.717) is 0 Å². The van der Waals surface area contributed by atoms with Crippen LogP contribution in [0.4, 0.5) is 0 Å². The number of thiophene rings is 1. The van der Waals surface area contributed by atoms with Gasteiger partial charge >= 0.3 is 0 Å². The highest BCUT2D eigenvalue weighted by Crippen LogP contribution is 2.24. The van der Waals surface area contributed by atoms with Crippen molar-refractivity contribution in [2.75, 3.05) is 0 Å². The molecule has 0 bridgehead atoms. The Hall–Kier alpha value is -1.60. The molecule has 0 fully saturated rings. The Morgan fingerprint density at radius 3 is 2.53 bits per heavy atom. The number of hydrogen-bond donors (Lipinski definition) is 0. The zero-order valence-corrected chi connectivity index (χ0v) is 10.6. The van der Waals surface area contributed by atoms with Crippen molar-refractivity contribution in [3.8, 4) is 0 Å². The largest absolute Gasteiger partial charge is 0.145 e. The van der Waals surface area contributed by atoms with Crippen molar-refractivity contribution in [2.45, 2.75) is 13.3 Å². The molecule has 0 aliphatic rings. The van der Waals surface area contributed by atoms with Crippen LogP contribution >= 0.6 is 11.3 Å². The fourth-order valence-electron chi connectivity index (χ4n) is 2.21. The maximum Gasteiger partial charge on any atom is 0.00921 e. The number of aryl methyl sites for hydroxylation is 1. The van der Waals surface area contributed by atoms with E-state index in [1.165, 1.54) is 26.1 Å². The standard InChI is InChI=1S/C16H14S/c1-12-9-10-15(17-12)11-14-7-4-6-13-5-2-3-8-16(13)14/h2-10H,11H2,1H3. The first-order chi connectivity index (χ1) is 8.33. The van der Waals surface area contributed by atoms with E-state index in [1.54, 1.807) is 0 Å². The topological polar surface area (TPSA) is 0 Å². The first-order valence-electron chi connectivity index (χ1n) is 5.85. The molecule has 0 unspecified atom stereocenters. The molecular weight excluding hydrogens is 224 g/mol. The minimum absolute atomic E-state index is 1.04. The Bertz CT molecular complexity index is 644. The van der Waals surface area contributed by atoms with Gasteiger partial charge in [0.15, 0.2) is 0 Å². The third-order valence-corrected chi connectivity index (χ3v) is 4.04. The highest BCUT2D eigenvalue weighted by molar-refractivity contribution is 7.11. The summed E-state index contributed by atoms with van der Waals surface area (Å²) in [5.41, 5.74) is 1.42. The monoisotopic (exact) mass is 238 g/mol. The van der Waals surface area contributed by atoms with Crippen LogP contribution in [-0.2, 0) is 6.42 Å². The Balaban J connectivity index is 2.05. The molecule has 0 N–H and O–H groups in total. The zero-order valence-electron chi connectivity index (χ0n) is 9.81. The summed E-state index contributed by atoms with van der Waals surface area (Å²) in [4.78, 5) is 2.83. The molecule has 0 atom stereocenters. The van der Waals surface area contributed by atoms with Gasteiger partial charge in [-0.25, -0.2) is 0 Å². The summed E-state index contributed by atoms with van der Waals surface area (Å²) in [6.45, 7) is 2.16. The highest BCUT2D eigenvalue weighted by Gasteiger charge is 2.03. The lowest BCUT2D eigenvalue weighted by Crippen LogP contribution is -1.86. The average molecular weight is 238 g/mol. The number of rotatable bonds is 2. The van der Waals surface area contributed by atoms with Crippen molar-refractivity contribution in [1.82, 2.24) is 0 Å². The van der Waals surface area contributed by atoms with Gasteiger partial charge in [-0.1, -0.05) is 42.5 Å². The van der Waals surface area contributed by atoms with Gasteiger partial charge in [-0.2, -0.15) is 0 Å². The SMILES string of the molecule is Cc1ccc(Cc2cccc3ccccc23)s1. The number of fused-ring (bicyclic) bond motifs is 1. The molecule has 0 nitrogen and oxygen atoms in total. The van der Waals surface area contributed by atoms with E-state index in [-0.39, 0.29) is 0 Å². The first-order valence-corrected chi connectivity index (χ1v) is 6.66. The smallest absolute Gasteiger partial charge is 0.00921 e. The second-order valence-corrected chi connectivity index (χ2v) is 5.70. The van der Waals surface area contributed by atoms with Gasteiger partial charge in [0.05, 0.1) is 0 Å². The maximum absolute atomic E-state index is 2.24. The second-order valence-electron chi connectivity index (χ2n) is 4.33. The molecule has 1 heterocycles. The van der Waals surface area contributed by atoms with Gasteiger partial charge in [0.1, 0.15) is 0 Å².